The summed E-state index contributed by atoms with van der Waals surface area (Å²) in [7, 11) is 0. The molecule has 6 heteroatoms. The minimum absolute atomic E-state index is 0.00315. The van der Waals surface area contributed by atoms with E-state index in [1.54, 1.807) is 6.08 Å². The lowest BCUT2D eigenvalue weighted by molar-refractivity contribution is -0.115. The Morgan fingerprint density at radius 3 is 2.65 bits per heavy atom. The van der Waals surface area contributed by atoms with Crippen LogP contribution >= 0.6 is 23.4 Å². The fourth-order valence-corrected chi connectivity index (χ4v) is 2.98. The molecule has 23 heavy (non-hydrogen) atoms. The molecule has 0 bridgehead atoms. The zero-order valence-electron chi connectivity index (χ0n) is 12.1. The van der Waals surface area contributed by atoms with E-state index in [-0.39, 0.29) is 10.9 Å². The van der Waals surface area contributed by atoms with Crippen molar-refractivity contribution in [3.05, 3.63) is 69.3 Å². The normalized spacial score (nSPS) is 17.8. The number of carbonyl (C=O) groups is 1. The van der Waals surface area contributed by atoms with Crippen molar-refractivity contribution < 1.29 is 9.18 Å². The summed E-state index contributed by atoms with van der Waals surface area (Å²) in [6.45, 7) is 2.01. The second-order valence-electron chi connectivity index (χ2n) is 4.99. The third-order valence-electron chi connectivity index (χ3n) is 3.16. The molecule has 3 nitrogen and oxygen atoms in total. The maximum atomic E-state index is 13.1. The molecule has 116 valence electrons. The largest absolute Gasteiger partial charge is 0.300 e. The van der Waals surface area contributed by atoms with Gasteiger partial charge in [-0.05, 0) is 48.5 Å². The Balaban J connectivity index is 1.82. The monoisotopic (exact) mass is 346 g/mol. The van der Waals surface area contributed by atoms with Crippen LogP contribution in [0.5, 0.6) is 0 Å². The summed E-state index contributed by atoms with van der Waals surface area (Å²) in [5, 5.41) is 3.12. The number of benzene rings is 2. The number of rotatable bonds is 2. The van der Waals surface area contributed by atoms with Gasteiger partial charge < -0.3 is 5.32 Å². The number of nitrogens with zero attached hydrogens (tertiary/aromatic N) is 1. The number of halogens is 2. The molecule has 1 heterocycles. The lowest BCUT2D eigenvalue weighted by atomic mass is 10.1. The third-order valence-corrected chi connectivity index (χ3v) is 4.36. The van der Waals surface area contributed by atoms with E-state index in [1.165, 1.54) is 30.0 Å². The number of thioether (sulfide) groups is 1. The number of hydrogen-bond donors (Lipinski definition) is 1. The first-order valence-electron chi connectivity index (χ1n) is 6.82. The fourth-order valence-electron chi connectivity index (χ4n) is 1.97. The van der Waals surface area contributed by atoms with Crippen LogP contribution in [0.2, 0.25) is 5.02 Å². The summed E-state index contributed by atoms with van der Waals surface area (Å²) in [6.07, 6.45) is 1.81. The smallest absolute Gasteiger partial charge is 0.264 e. The average molecular weight is 347 g/mol. The molecule has 2 aromatic rings. The van der Waals surface area contributed by atoms with E-state index >= 15 is 0 Å². The molecule has 0 aliphatic carbocycles. The molecule has 1 aliphatic heterocycles. The van der Waals surface area contributed by atoms with Crippen molar-refractivity contribution in [3.8, 4) is 0 Å². The molecule has 0 radical (unpaired) electrons. The molecular formula is C17H12ClFN2OS. The molecule has 0 spiro atoms. The third kappa shape index (κ3) is 3.81. The first-order chi connectivity index (χ1) is 11.0. The number of aryl methyl sites for hydroxylation is 1. The Bertz CT molecular complexity index is 831. The number of hydrogen-bond acceptors (Lipinski definition) is 3. The Morgan fingerprint density at radius 1 is 1.22 bits per heavy atom. The molecule has 3 rings (SSSR count). The highest BCUT2D eigenvalue weighted by Crippen LogP contribution is 2.29. The van der Waals surface area contributed by atoms with Gasteiger partial charge in [0, 0.05) is 0 Å². The molecule has 1 fully saturated rings. The van der Waals surface area contributed by atoms with Gasteiger partial charge in [0.15, 0.2) is 5.17 Å². The van der Waals surface area contributed by atoms with E-state index in [9.17, 15) is 9.18 Å². The molecule has 1 amide bonds. The van der Waals surface area contributed by atoms with Gasteiger partial charge in [-0.25, -0.2) is 9.38 Å². The lowest BCUT2D eigenvalue weighted by Crippen LogP contribution is -2.19. The maximum absolute atomic E-state index is 13.1. The summed E-state index contributed by atoms with van der Waals surface area (Å²) in [6, 6.07) is 12.0. The Morgan fingerprint density at radius 2 is 1.96 bits per heavy atom. The predicted octanol–water partition coefficient (Wildman–Crippen LogP) is 4.68. The van der Waals surface area contributed by atoms with E-state index in [4.69, 9.17) is 11.6 Å². The molecule has 0 saturated carbocycles. The van der Waals surface area contributed by atoms with Crippen LogP contribution in [0.15, 0.2) is 52.4 Å². The predicted molar refractivity (Wildman–Crippen MR) is 93.4 cm³/mol. The van der Waals surface area contributed by atoms with Crippen molar-refractivity contribution >= 4 is 46.2 Å². The van der Waals surface area contributed by atoms with Gasteiger partial charge in [0.05, 0.1) is 15.6 Å². The highest BCUT2D eigenvalue weighted by molar-refractivity contribution is 8.18. The second kappa shape index (κ2) is 6.56. The zero-order chi connectivity index (χ0) is 16.4. The number of carbonyl (C=O) groups excluding carboxylic acids is 1. The first-order valence-corrected chi connectivity index (χ1v) is 8.02. The quantitative estimate of drug-likeness (QED) is 0.802. The van der Waals surface area contributed by atoms with Crippen LogP contribution in [0.4, 0.5) is 10.1 Å². The number of aliphatic imine (C=N–C) groups is 1. The van der Waals surface area contributed by atoms with Crippen LogP contribution in [0, 0.1) is 12.7 Å². The zero-order valence-corrected chi connectivity index (χ0v) is 13.7. The average Bonchev–Trinajstić information content (AvgIpc) is 2.85. The van der Waals surface area contributed by atoms with Crippen molar-refractivity contribution in [1.29, 1.82) is 0 Å². The molecule has 1 aliphatic rings. The van der Waals surface area contributed by atoms with Gasteiger partial charge >= 0.3 is 0 Å². The van der Waals surface area contributed by atoms with Gasteiger partial charge in [-0.1, -0.05) is 41.4 Å². The van der Waals surface area contributed by atoms with Crippen LogP contribution in [0.25, 0.3) is 6.08 Å². The minimum Gasteiger partial charge on any atom is -0.300 e. The molecular weight excluding hydrogens is 335 g/mol. The molecule has 2 aromatic carbocycles. The van der Waals surface area contributed by atoms with E-state index in [1.807, 2.05) is 31.2 Å². The van der Waals surface area contributed by atoms with Gasteiger partial charge in [-0.3, -0.25) is 4.79 Å². The van der Waals surface area contributed by atoms with Crippen LogP contribution in [-0.2, 0) is 4.79 Å². The van der Waals surface area contributed by atoms with Crippen molar-refractivity contribution in [3.63, 3.8) is 0 Å². The van der Waals surface area contributed by atoms with E-state index < -0.39 is 5.82 Å². The summed E-state index contributed by atoms with van der Waals surface area (Å²) >= 11 is 6.96. The summed E-state index contributed by atoms with van der Waals surface area (Å²) in [5.74, 6) is -0.707. The van der Waals surface area contributed by atoms with Crippen molar-refractivity contribution in [2.75, 3.05) is 0 Å². The van der Waals surface area contributed by atoms with Gasteiger partial charge in [0.2, 0.25) is 0 Å². The van der Waals surface area contributed by atoms with Gasteiger partial charge in [0.1, 0.15) is 5.82 Å². The second-order valence-corrected chi connectivity index (χ2v) is 6.43. The van der Waals surface area contributed by atoms with Crippen LogP contribution in [-0.4, -0.2) is 11.1 Å². The summed E-state index contributed by atoms with van der Waals surface area (Å²) in [5.41, 5.74) is 2.58. The van der Waals surface area contributed by atoms with E-state index in [0.29, 0.717) is 15.8 Å². The van der Waals surface area contributed by atoms with Crippen molar-refractivity contribution in [1.82, 2.24) is 5.32 Å². The first kappa shape index (κ1) is 15.8. The highest BCUT2D eigenvalue weighted by atomic mass is 35.5. The van der Waals surface area contributed by atoms with Crippen molar-refractivity contribution in [2.24, 2.45) is 4.99 Å². The SMILES string of the molecule is Cc1ccc(C=C2SC(=Nc3ccc(F)c(Cl)c3)NC2=O)cc1. The van der Waals surface area contributed by atoms with Crippen LogP contribution < -0.4 is 5.32 Å². The molecule has 0 atom stereocenters. The number of amidine groups is 1. The van der Waals surface area contributed by atoms with Gasteiger partial charge in [-0.15, -0.1) is 0 Å². The van der Waals surface area contributed by atoms with Gasteiger partial charge in [-0.2, -0.15) is 0 Å². The van der Waals surface area contributed by atoms with Crippen molar-refractivity contribution in [2.45, 2.75) is 6.92 Å². The van der Waals surface area contributed by atoms with Crippen LogP contribution in [0.3, 0.4) is 0 Å². The Labute approximate surface area is 142 Å². The Hall–Kier alpha value is -2.11. The van der Waals surface area contributed by atoms with E-state index in [2.05, 4.69) is 10.3 Å². The molecule has 1 saturated heterocycles. The Kier molecular flexibility index (Phi) is 4.50. The standard InChI is InChI=1S/C17H12ClFN2OS/c1-10-2-4-11(5-3-10)8-15-16(22)21-17(23-15)20-12-6-7-14(19)13(18)9-12/h2-9H,1H3,(H,20,21,22). The molecule has 0 aromatic heterocycles. The van der Waals surface area contributed by atoms with Crippen LogP contribution in [0.1, 0.15) is 11.1 Å². The summed E-state index contributed by atoms with van der Waals surface area (Å²) in [4.78, 5) is 16.8. The minimum atomic E-state index is -0.501. The number of amides is 1. The molecule has 1 N–H and O–H groups in total. The lowest BCUT2D eigenvalue weighted by Gasteiger charge is -1.98. The topological polar surface area (TPSA) is 41.5 Å². The number of nitrogens with one attached hydrogen (secondary N) is 1. The van der Waals surface area contributed by atoms with Gasteiger partial charge in [0.25, 0.3) is 5.91 Å². The molecule has 0 unspecified atom stereocenters. The highest BCUT2D eigenvalue weighted by Gasteiger charge is 2.23. The fraction of sp³-hybridized carbons (Fsp3) is 0.0588. The van der Waals surface area contributed by atoms with E-state index in [0.717, 1.165) is 11.1 Å². The summed E-state index contributed by atoms with van der Waals surface area (Å²) < 4.78 is 13.1. The maximum Gasteiger partial charge on any atom is 0.264 e.